The lowest BCUT2D eigenvalue weighted by atomic mass is 10.2. The van der Waals surface area contributed by atoms with Crippen LogP contribution < -0.4 is 5.32 Å². The molecule has 0 aliphatic heterocycles. The first-order valence-electron chi connectivity index (χ1n) is 6.35. The van der Waals surface area contributed by atoms with Crippen molar-refractivity contribution in [3.63, 3.8) is 0 Å². The molecular formula is C14H14F2N2O. The van der Waals surface area contributed by atoms with Gasteiger partial charge in [0.05, 0.1) is 6.20 Å². The number of rotatable bonds is 5. The van der Waals surface area contributed by atoms with Gasteiger partial charge in [0.1, 0.15) is 11.6 Å². The molecule has 1 heterocycles. The third-order valence-corrected chi connectivity index (χ3v) is 3.05. The van der Waals surface area contributed by atoms with Crippen LogP contribution in [0.2, 0.25) is 0 Å². The molecule has 1 fully saturated rings. The van der Waals surface area contributed by atoms with Crippen LogP contribution in [0.3, 0.4) is 0 Å². The molecule has 0 radical (unpaired) electrons. The summed E-state index contributed by atoms with van der Waals surface area (Å²) in [4.78, 5) is 4.12. The lowest BCUT2D eigenvalue weighted by Gasteiger charge is -1.99. The van der Waals surface area contributed by atoms with Gasteiger partial charge in [-0.15, -0.1) is 0 Å². The number of nitrogens with zero attached hydrogens (tertiary/aromatic N) is 1. The van der Waals surface area contributed by atoms with E-state index in [0.717, 1.165) is 12.6 Å². The van der Waals surface area contributed by atoms with Gasteiger partial charge in [0, 0.05) is 30.6 Å². The minimum atomic E-state index is -0.622. The Hall–Kier alpha value is -1.75. The van der Waals surface area contributed by atoms with Crippen molar-refractivity contribution < 1.29 is 13.2 Å². The van der Waals surface area contributed by atoms with Crippen LogP contribution in [0.1, 0.15) is 18.7 Å². The van der Waals surface area contributed by atoms with E-state index in [1.165, 1.54) is 31.2 Å². The minimum Gasteiger partial charge on any atom is -0.441 e. The van der Waals surface area contributed by atoms with E-state index < -0.39 is 11.6 Å². The molecule has 100 valence electrons. The van der Waals surface area contributed by atoms with E-state index in [1.54, 1.807) is 0 Å². The summed E-state index contributed by atoms with van der Waals surface area (Å²) in [6.07, 6.45) is 4.65. The highest BCUT2D eigenvalue weighted by Crippen LogP contribution is 2.23. The fourth-order valence-electron chi connectivity index (χ4n) is 1.93. The van der Waals surface area contributed by atoms with Gasteiger partial charge >= 0.3 is 0 Å². The molecule has 19 heavy (non-hydrogen) atoms. The summed E-state index contributed by atoms with van der Waals surface area (Å²) < 4.78 is 31.7. The van der Waals surface area contributed by atoms with Crippen LogP contribution in [0.25, 0.3) is 11.3 Å². The highest BCUT2D eigenvalue weighted by Gasteiger charge is 2.20. The van der Waals surface area contributed by atoms with Crippen LogP contribution in [-0.4, -0.2) is 17.6 Å². The second-order valence-corrected chi connectivity index (χ2v) is 4.75. The number of aromatic nitrogens is 1. The lowest BCUT2D eigenvalue weighted by Crippen LogP contribution is -2.19. The third kappa shape index (κ3) is 3.17. The molecule has 1 saturated carbocycles. The molecule has 1 aliphatic carbocycles. The summed E-state index contributed by atoms with van der Waals surface area (Å²) in [5.41, 5.74) is 0.367. The summed E-state index contributed by atoms with van der Waals surface area (Å²) in [7, 11) is 0. The van der Waals surface area contributed by atoms with Crippen molar-refractivity contribution in [1.29, 1.82) is 0 Å². The van der Waals surface area contributed by atoms with E-state index in [0.29, 0.717) is 29.7 Å². The number of hydrogen-bond acceptors (Lipinski definition) is 3. The first-order valence-corrected chi connectivity index (χ1v) is 6.35. The van der Waals surface area contributed by atoms with Gasteiger partial charge in [-0.05, 0) is 25.0 Å². The van der Waals surface area contributed by atoms with Crippen LogP contribution >= 0.6 is 0 Å². The zero-order valence-electron chi connectivity index (χ0n) is 10.3. The van der Waals surface area contributed by atoms with E-state index in [-0.39, 0.29) is 0 Å². The predicted molar refractivity (Wildman–Crippen MR) is 66.6 cm³/mol. The number of nitrogens with one attached hydrogen (secondary N) is 1. The summed E-state index contributed by atoms with van der Waals surface area (Å²) in [5, 5.41) is 3.35. The third-order valence-electron chi connectivity index (χ3n) is 3.05. The van der Waals surface area contributed by atoms with Gasteiger partial charge in [-0.25, -0.2) is 13.8 Å². The van der Waals surface area contributed by atoms with Gasteiger partial charge in [0.15, 0.2) is 11.7 Å². The standard InChI is InChI=1S/C14H14F2N2O/c15-10-5-9(6-11(16)7-10)13-8-18-14(19-13)3-4-17-12-1-2-12/h5-8,12,17H,1-4H2. The molecule has 5 heteroatoms. The Morgan fingerprint density at radius 3 is 2.63 bits per heavy atom. The molecule has 0 saturated heterocycles. The molecule has 0 bridgehead atoms. The van der Waals surface area contributed by atoms with E-state index >= 15 is 0 Å². The van der Waals surface area contributed by atoms with Crippen molar-refractivity contribution in [3.05, 3.63) is 41.9 Å². The average molecular weight is 264 g/mol. The first-order chi connectivity index (χ1) is 9.20. The largest absolute Gasteiger partial charge is 0.441 e. The quantitative estimate of drug-likeness (QED) is 0.902. The van der Waals surface area contributed by atoms with Gasteiger partial charge in [0.25, 0.3) is 0 Å². The van der Waals surface area contributed by atoms with Crippen LogP contribution in [0, 0.1) is 11.6 Å². The van der Waals surface area contributed by atoms with Gasteiger partial charge in [-0.2, -0.15) is 0 Å². The Kier molecular flexibility index (Phi) is 3.29. The zero-order chi connectivity index (χ0) is 13.2. The van der Waals surface area contributed by atoms with Crippen LogP contribution in [0.4, 0.5) is 8.78 Å². The van der Waals surface area contributed by atoms with Crippen LogP contribution in [0.5, 0.6) is 0 Å². The fourth-order valence-corrected chi connectivity index (χ4v) is 1.93. The molecule has 3 rings (SSSR count). The average Bonchev–Trinajstić information content (AvgIpc) is 3.04. The molecule has 1 N–H and O–H groups in total. The molecule has 2 aromatic rings. The zero-order valence-corrected chi connectivity index (χ0v) is 10.3. The highest BCUT2D eigenvalue weighted by molar-refractivity contribution is 5.56. The SMILES string of the molecule is Fc1cc(F)cc(-c2cnc(CCNC3CC3)o2)c1. The topological polar surface area (TPSA) is 38.1 Å². The molecule has 0 unspecified atom stereocenters. The Morgan fingerprint density at radius 1 is 1.21 bits per heavy atom. The summed E-state index contributed by atoms with van der Waals surface area (Å²) in [6.45, 7) is 0.808. The number of hydrogen-bond donors (Lipinski definition) is 1. The van der Waals surface area contributed by atoms with Gasteiger partial charge < -0.3 is 9.73 Å². The summed E-state index contributed by atoms with van der Waals surface area (Å²) >= 11 is 0. The number of oxazole rings is 1. The Labute approximate surface area is 109 Å². The number of benzene rings is 1. The van der Waals surface area contributed by atoms with Crippen molar-refractivity contribution in [1.82, 2.24) is 10.3 Å². The van der Waals surface area contributed by atoms with Gasteiger partial charge in [-0.1, -0.05) is 0 Å². The molecule has 3 nitrogen and oxygen atoms in total. The van der Waals surface area contributed by atoms with Gasteiger partial charge in [0.2, 0.25) is 0 Å². The Bertz CT molecular complexity index is 558. The maximum absolute atomic E-state index is 13.1. The Balaban J connectivity index is 1.68. The molecule has 0 amide bonds. The van der Waals surface area contributed by atoms with Crippen molar-refractivity contribution in [2.75, 3.05) is 6.54 Å². The maximum Gasteiger partial charge on any atom is 0.196 e. The molecular weight excluding hydrogens is 250 g/mol. The molecule has 1 aliphatic rings. The van der Waals surface area contributed by atoms with Crippen molar-refractivity contribution in [2.45, 2.75) is 25.3 Å². The number of halogens is 2. The van der Waals surface area contributed by atoms with E-state index in [2.05, 4.69) is 10.3 Å². The minimum absolute atomic E-state index is 0.367. The molecule has 1 aromatic heterocycles. The Morgan fingerprint density at radius 2 is 1.95 bits per heavy atom. The second kappa shape index (κ2) is 5.09. The first kappa shape index (κ1) is 12.3. The molecule has 0 spiro atoms. The van der Waals surface area contributed by atoms with Crippen molar-refractivity contribution in [3.8, 4) is 11.3 Å². The predicted octanol–water partition coefficient (Wildman–Crippen LogP) is 2.91. The van der Waals surface area contributed by atoms with E-state index in [4.69, 9.17) is 4.42 Å². The smallest absolute Gasteiger partial charge is 0.196 e. The normalized spacial score (nSPS) is 14.8. The lowest BCUT2D eigenvalue weighted by molar-refractivity contribution is 0.493. The summed E-state index contributed by atoms with van der Waals surface area (Å²) in [5.74, 6) is -0.278. The van der Waals surface area contributed by atoms with Crippen molar-refractivity contribution in [2.24, 2.45) is 0 Å². The van der Waals surface area contributed by atoms with Gasteiger partial charge in [-0.3, -0.25) is 0 Å². The second-order valence-electron chi connectivity index (χ2n) is 4.75. The van der Waals surface area contributed by atoms with Crippen LogP contribution in [0.15, 0.2) is 28.8 Å². The summed E-state index contributed by atoms with van der Waals surface area (Å²) in [6, 6.07) is 3.94. The van der Waals surface area contributed by atoms with E-state index in [9.17, 15) is 8.78 Å². The fraction of sp³-hybridized carbons (Fsp3) is 0.357. The monoisotopic (exact) mass is 264 g/mol. The molecule has 0 atom stereocenters. The van der Waals surface area contributed by atoms with Crippen LogP contribution in [-0.2, 0) is 6.42 Å². The highest BCUT2D eigenvalue weighted by atomic mass is 19.1. The molecule has 1 aromatic carbocycles. The van der Waals surface area contributed by atoms with E-state index in [1.807, 2.05) is 0 Å². The maximum atomic E-state index is 13.1. The van der Waals surface area contributed by atoms with Crippen molar-refractivity contribution >= 4 is 0 Å².